The Morgan fingerprint density at radius 2 is 1.78 bits per heavy atom. The van der Waals surface area contributed by atoms with E-state index < -0.39 is 17.8 Å². The Morgan fingerprint density at radius 1 is 1.04 bits per heavy atom. The molecule has 0 aliphatic carbocycles. The molecule has 3 aromatic rings. The van der Waals surface area contributed by atoms with E-state index in [1.165, 1.54) is 24.3 Å². The fourth-order valence-electron chi connectivity index (χ4n) is 2.24. The average Bonchev–Trinajstić information content (AvgIpc) is 2.78. The third-order valence-corrected chi connectivity index (χ3v) is 3.68. The first-order chi connectivity index (χ1) is 10.7. The molecule has 0 saturated heterocycles. The molecule has 0 atom stereocenters. The maximum Gasteiger partial charge on any atom is 0.573 e. The van der Waals surface area contributed by atoms with Gasteiger partial charge >= 0.3 is 12.1 Å². The highest BCUT2D eigenvalue weighted by atomic mass is 35.5. The van der Waals surface area contributed by atoms with Crippen LogP contribution in [0.3, 0.4) is 0 Å². The van der Waals surface area contributed by atoms with Gasteiger partial charge in [0.2, 0.25) is 0 Å². The van der Waals surface area contributed by atoms with E-state index in [1.54, 1.807) is 0 Å². The molecule has 0 unspecified atom stereocenters. The Hall–Kier alpha value is -2.12. The normalized spacial score (nSPS) is 11.9. The minimum atomic E-state index is -4.87. The number of H-pyrrole nitrogens is 2. The lowest BCUT2D eigenvalue weighted by Gasteiger charge is -2.15. The summed E-state index contributed by atoms with van der Waals surface area (Å²) in [7, 11) is 0. The van der Waals surface area contributed by atoms with Crippen molar-refractivity contribution in [2.75, 3.05) is 0 Å². The predicted molar refractivity (Wildman–Crippen MR) is 81.1 cm³/mol. The van der Waals surface area contributed by atoms with E-state index in [1.807, 2.05) is 0 Å². The van der Waals surface area contributed by atoms with E-state index in [2.05, 4.69) is 14.7 Å². The van der Waals surface area contributed by atoms with E-state index in [0.717, 1.165) is 6.07 Å². The molecule has 2 aromatic carbocycles. The van der Waals surface area contributed by atoms with Crippen LogP contribution in [0, 0.1) is 0 Å². The fraction of sp³-hybridized carbons (Fsp3) is 0.0714. The van der Waals surface area contributed by atoms with E-state index in [-0.39, 0.29) is 21.2 Å². The largest absolute Gasteiger partial charge is 0.573 e. The molecule has 0 radical (unpaired) electrons. The van der Waals surface area contributed by atoms with Crippen LogP contribution in [0.4, 0.5) is 13.2 Å². The number of fused-ring (bicyclic) bond motifs is 1. The van der Waals surface area contributed by atoms with Crippen molar-refractivity contribution in [1.29, 1.82) is 0 Å². The summed E-state index contributed by atoms with van der Waals surface area (Å²) in [4.78, 5) is 16.3. The predicted octanol–water partition coefficient (Wildman–Crippen LogP) is 4.73. The number of ether oxygens (including phenoxy) is 1. The molecule has 1 heterocycles. The van der Waals surface area contributed by atoms with Gasteiger partial charge in [0, 0.05) is 5.56 Å². The summed E-state index contributed by atoms with van der Waals surface area (Å²) >= 11 is 12.1. The van der Waals surface area contributed by atoms with Crippen LogP contribution in [-0.4, -0.2) is 16.3 Å². The highest BCUT2D eigenvalue weighted by Gasteiger charge is 2.32. The third-order valence-electron chi connectivity index (χ3n) is 3.07. The fourth-order valence-corrected chi connectivity index (χ4v) is 2.78. The molecule has 0 aliphatic rings. The van der Waals surface area contributed by atoms with Gasteiger partial charge in [-0.15, -0.1) is 13.2 Å². The summed E-state index contributed by atoms with van der Waals surface area (Å²) in [6, 6.07) is 6.78. The number of benzene rings is 2. The molecule has 0 aliphatic heterocycles. The zero-order valence-corrected chi connectivity index (χ0v) is 12.6. The second-order valence-electron chi connectivity index (χ2n) is 4.62. The zero-order valence-electron chi connectivity index (χ0n) is 11.1. The van der Waals surface area contributed by atoms with Gasteiger partial charge in [-0.05, 0) is 29.8 Å². The van der Waals surface area contributed by atoms with Crippen molar-refractivity contribution in [1.82, 2.24) is 9.97 Å². The van der Waals surface area contributed by atoms with Gasteiger partial charge in [0.05, 0.1) is 21.1 Å². The number of alkyl halides is 3. The maximum atomic E-state index is 12.6. The summed E-state index contributed by atoms with van der Waals surface area (Å²) in [6.45, 7) is 0. The standard InChI is InChI=1S/C14H7Cl2F3N2O2/c15-7-2-1-3-10(23-14(17,18)19)11(7)6-4-8(16)12-9(5-6)20-13(22)21-12/h1-5H,(H2,20,21,22). The van der Waals surface area contributed by atoms with Crippen LogP contribution < -0.4 is 10.4 Å². The Morgan fingerprint density at radius 3 is 2.48 bits per heavy atom. The van der Waals surface area contributed by atoms with Gasteiger partial charge in [-0.25, -0.2) is 4.79 Å². The molecule has 0 fully saturated rings. The number of rotatable bonds is 2. The van der Waals surface area contributed by atoms with Gasteiger partial charge in [-0.2, -0.15) is 0 Å². The van der Waals surface area contributed by atoms with E-state index >= 15 is 0 Å². The molecule has 0 spiro atoms. The van der Waals surface area contributed by atoms with Gasteiger partial charge in [0.25, 0.3) is 0 Å². The Balaban J connectivity index is 2.24. The first-order valence-electron chi connectivity index (χ1n) is 6.21. The lowest BCUT2D eigenvalue weighted by atomic mass is 10.0. The van der Waals surface area contributed by atoms with Crippen molar-refractivity contribution in [3.05, 3.63) is 50.9 Å². The Kier molecular flexibility index (Phi) is 3.77. The number of nitrogens with one attached hydrogen (secondary N) is 2. The third kappa shape index (κ3) is 3.16. The summed E-state index contributed by atoms with van der Waals surface area (Å²) in [5.41, 5.74) is 0.519. The van der Waals surface area contributed by atoms with Gasteiger partial charge in [0.1, 0.15) is 5.75 Å². The Bertz CT molecular complexity index is 947. The molecule has 2 N–H and O–H groups in total. The number of halogens is 5. The summed E-state index contributed by atoms with van der Waals surface area (Å²) in [5.74, 6) is -0.460. The van der Waals surface area contributed by atoms with E-state index in [0.29, 0.717) is 11.0 Å². The first kappa shape index (κ1) is 15.8. The minimum absolute atomic E-state index is 0.0253. The van der Waals surface area contributed by atoms with Crippen LogP contribution >= 0.6 is 23.2 Å². The maximum absolute atomic E-state index is 12.6. The van der Waals surface area contributed by atoms with Crippen molar-refractivity contribution >= 4 is 34.2 Å². The molecule has 23 heavy (non-hydrogen) atoms. The van der Waals surface area contributed by atoms with Crippen LogP contribution in [0.2, 0.25) is 10.0 Å². The molecule has 4 nitrogen and oxygen atoms in total. The average molecular weight is 363 g/mol. The molecule has 0 saturated carbocycles. The highest BCUT2D eigenvalue weighted by molar-refractivity contribution is 6.36. The van der Waals surface area contributed by atoms with Crippen molar-refractivity contribution in [2.24, 2.45) is 0 Å². The quantitative estimate of drug-likeness (QED) is 0.692. The van der Waals surface area contributed by atoms with Crippen molar-refractivity contribution in [3.63, 3.8) is 0 Å². The Labute approximate surface area is 136 Å². The van der Waals surface area contributed by atoms with Crippen LogP contribution in [-0.2, 0) is 0 Å². The van der Waals surface area contributed by atoms with Crippen molar-refractivity contribution in [3.8, 4) is 16.9 Å². The monoisotopic (exact) mass is 362 g/mol. The highest BCUT2D eigenvalue weighted by Crippen LogP contribution is 2.40. The lowest BCUT2D eigenvalue weighted by Crippen LogP contribution is -2.17. The topological polar surface area (TPSA) is 57.9 Å². The van der Waals surface area contributed by atoms with Crippen molar-refractivity contribution < 1.29 is 17.9 Å². The summed E-state index contributed by atoms with van der Waals surface area (Å²) < 4.78 is 41.7. The van der Waals surface area contributed by atoms with E-state index in [9.17, 15) is 18.0 Å². The minimum Gasteiger partial charge on any atom is -0.405 e. The number of aromatic amines is 2. The summed E-state index contributed by atoms with van der Waals surface area (Å²) in [5, 5.41) is 0.216. The zero-order chi connectivity index (χ0) is 16.8. The molecule has 0 amide bonds. The van der Waals surface area contributed by atoms with Gasteiger partial charge < -0.3 is 14.7 Å². The second kappa shape index (κ2) is 5.50. The van der Waals surface area contributed by atoms with Crippen LogP contribution in [0.25, 0.3) is 22.2 Å². The number of hydrogen-bond acceptors (Lipinski definition) is 2. The first-order valence-corrected chi connectivity index (χ1v) is 6.96. The molecule has 120 valence electrons. The van der Waals surface area contributed by atoms with Gasteiger partial charge in [-0.1, -0.05) is 29.3 Å². The molecule has 0 bridgehead atoms. The molecular formula is C14H7Cl2F3N2O2. The molecular weight excluding hydrogens is 356 g/mol. The molecule has 3 rings (SSSR count). The number of hydrogen-bond donors (Lipinski definition) is 2. The van der Waals surface area contributed by atoms with Crippen LogP contribution in [0.1, 0.15) is 0 Å². The van der Waals surface area contributed by atoms with Gasteiger partial charge in [0.15, 0.2) is 0 Å². The SMILES string of the molecule is O=c1[nH]c2cc(-c3c(Cl)cccc3OC(F)(F)F)cc(Cl)c2[nH]1. The van der Waals surface area contributed by atoms with Crippen LogP contribution in [0.15, 0.2) is 35.1 Å². The molecule has 1 aromatic heterocycles. The van der Waals surface area contributed by atoms with Crippen molar-refractivity contribution in [2.45, 2.75) is 6.36 Å². The summed E-state index contributed by atoms with van der Waals surface area (Å²) in [6.07, 6.45) is -4.87. The molecule has 9 heteroatoms. The number of imidazole rings is 1. The van der Waals surface area contributed by atoms with E-state index in [4.69, 9.17) is 23.2 Å². The second-order valence-corrected chi connectivity index (χ2v) is 5.43. The smallest absolute Gasteiger partial charge is 0.405 e. The lowest BCUT2D eigenvalue weighted by molar-refractivity contribution is -0.274. The van der Waals surface area contributed by atoms with Gasteiger partial charge in [-0.3, -0.25) is 0 Å². The van der Waals surface area contributed by atoms with Crippen LogP contribution in [0.5, 0.6) is 5.75 Å². The number of aromatic nitrogens is 2.